The minimum absolute atomic E-state index is 0.0963. The SMILES string of the molecule is Cc1nnsc1S(=O)c1cccc(C(F)(F)F)c1. The number of hydrogen-bond acceptors (Lipinski definition) is 4. The largest absolute Gasteiger partial charge is 0.416 e. The van der Waals surface area contributed by atoms with Crippen molar-refractivity contribution in [2.24, 2.45) is 0 Å². The van der Waals surface area contributed by atoms with Crippen molar-refractivity contribution < 1.29 is 17.4 Å². The van der Waals surface area contributed by atoms with E-state index in [0.717, 1.165) is 23.7 Å². The van der Waals surface area contributed by atoms with Crippen LogP contribution in [0.3, 0.4) is 0 Å². The van der Waals surface area contributed by atoms with Gasteiger partial charge in [-0.2, -0.15) is 13.2 Å². The van der Waals surface area contributed by atoms with E-state index in [1.54, 1.807) is 6.92 Å². The monoisotopic (exact) mass is 292 g/mol. The van der Waals surface area contributed by atoms with Crippen molar-refractivity contribution in [3.8, 4) is 0 Å². The molecule has 18 heavy (non-hydrogen) atoms. The predicted molar refractivity (Wildman–Crippen MR) is 60.8 cm³/mol. The van der Waals surface area contributed by atoms with Gasteiger partial charge in [0.15, 0.2) is 0 Å². The van der Waals surface area contributed by atoms with Gasteiger partial charge in [0.25, 0.3) is 0 Å². The second-order valence-corrected chi connectivity index (χ2v) is 5.87. The van der Waals surface area contributed by atoms with Crippen LogP contribution >= 0.6 is 11.5 Å². The summed E-state index contributed by atoms with van der Waals surface area (Å²) < 4.78 is 53.7. The fourth-order valence-electron chi connectivity index (χ4n) is 1.29. The van der Waals surface area contributed by atoms with Crippen LogP contribution < -0.4 is 0 Å². The van der Waals surface area contributed by atoms with E-state index < -0.39 is 22.5 Å². The molecule has 0 saturated carbocycles. The summed E-state index contributed by atoms with van der Waals surface area (Å²) in [6.07, 6.45) is -4.44. The van der Waals surface area contributed by atoms with E-state index in [1.165, 1.54) is 12.1 Å². The number of nitrogens with zero attached hydrogens (tertiary/aromatic N) is 2. The van der Waals surface area contributed by atoms with Crippen LogP contribution in [0.4, 0.5) is 13.2 Å². The summed E-state index contributed by atoms with van der Waals surface area (Å²) in [7, 11) is -1.68. The predicted octanol–water partition coefficient (Wildman–Crippen LogP) is 3.03. The summed E-state index contributed by atoms with van der Waals surface area (Å²) in [5.74, 6) is 0. The van der Waals surface area contributed by atoms with Crippen molar-refractivity contribution in [2.45, 2.75) is 22.2 Å². The highest BCUT2D eigenvalue weighted by atomic mass is 32.2. The smallest absolute Gasteiger partial charge is 0.248 e. The van der Waals surface area contributed by atoms with E-state index in [2.05, 4.69) is 9.59 Å². The molecule has 0 saturated heterocycles. The van der Waals surface area contributed by atoms with Crippen molar-refractivity contribution in [2.75, 3.05) is 0 Å². The summed E-state index contributed by atoms with van der Waals surface area (Å²) >= 11 is 0.923. The Morgan fingerprint density at radius 3 is 2.61 bits per heavy atom. The number of alkyl halides is 3. The molecule has 2 rings (SSSR count). The van der Waals surface area contributed by atoms with Gasteiger partial charge in [0.05, 0.1) is 22.1 Å². The first-order valence-electron chi connectivity index (χ1n) is 4.77. The van der Waals surface area contributed by atoms with Crippen LogP contribution in [-0.4, -0.2) is 13.8 Å². The van der Waals surface area contributed by atoms with Gasteiger partial charge in [0.1, 0.15) is 4.21 Å². The van der Waals surface area contributed by atoms with Gasteiger partial charge in [-0.3, -0.25) is 0 Å². The summed E-state index contributed by atoms with van der Waals surface area (Å²) in [5, 5.41) is 3.69. The van der Waals surface area contributed by atoms with Gasteiger partial charge in [0, 0.05) is 4.90 Å². The Morgan fingerprint density at radius 1 is 1.33 bits per heavy atom. The molecule has 0 aliphatic carbocycles. The lowest BCUT2D eigenvalue weighted by Gasteiger charge is -2.07. The van der Waals surface area contributed by atoms with Gasteiger partial charge >= 0.3 is 6.18 Å². The Bertz CT molecular complexity index is 595. The quantitative estimate of drug-likeness (QED) is 0.854. The molecule has 96 valence electrons. The van der Waals surface area contributed by atoms with Crippen LogP contribution in [0.25, 0.3) is 0 Å². The van der Waals surface area contributed by atoms with E-state index >= 15 is 0 Å². The van der Waals surface area contributed by atoms with Gasteiger partial charge < -0.3 is 0 Å². The summed E-state index contributed by atoms with van der Waals surface area (Å²) in [5.41, 5.74) is -0.348. The molecule has 0 amide bonds. The van der Waals surface area contributed by atoms with Crippen LogP contribution in [0.1, 0.15) is 11.3 Å². The zero-order valence-corrected chi connectivity index (χ0v) is 10.7. The lowest BCUT2D eigenvalue weighted by atomic mass is 10.2. The number of aryl methyl sites for hydroxylation is 1. The Kier molecular flexibility index (Phi) is 3.49. The standard InChI is InChI=1S/C10H7F3N2OS2/c1-6-9(17-15-14-6)18(16)8-4-2-3-7(5-8)10(11,12)13/h2-5H,1H3. The van der Waals surface area contributed by atoms with Crippen molar-refractivity contribution in [1.82, 2.24) is 9.59 Å². The lowest BCUT2D eigenvalue weighted by molar-refractivity contribution is -0.137. The minimum Gasteiger partial charge on any atom is -0.248 e. The van der Waals surface area contributed by atoms with Crippen LogP contribution in [0.2, 0.25) is 0 Å². The minimum atomic E-state index is -4.44. The van der Waals surface area contributed by atoms with Gasteiger partial charge in [0.2, 0.25) is 0 Å². The normalized spacial score (nSPS) is 13.6. The number of rotatable bonds is 2. The second kappa shape index (κ2) is 4.77. The first-order chi connectivity index (χ1) is 8.39. The van der Waals surface area contributed by atoms with E-state index in [0.29, 0.717) is 9.90 Å². The molecule has 0 radical (unpaired) electrons. The fourth-order valence-corrected chi connectivity index (χ4v) is 3.32. The topological polar surface area (TPSA) is 42.9 Å². The van der Waals surface area contributed by atoms with Crippen LogP contribution in [0.5, 0.6) is 0 Å². The summed E-state index contributed by atoms with van der Waals surface area (Å²) in [6.45, 7) is 1.62. The highest BCUT2D eigenvalue weighted by molar-refractivity contribution is 7.87. The van der Waals surface area contributed by atoms with Crippen LogP contribution in [-0.2, 0) is 17.0 Å². The highest BCUT2D eigenvalue weighted by Gasteiger charge is 2.31. The van der Waals surface area contributed by atoms with E-state index in [-0.39, 0.29) is 4.90 Å². The molecule has 1 heterocycles. The third-order valence-corrected chi connectivity index (χ3v) is 4.77. The van der Waals surface area contributed by atoms with Gasteiger partial charge in [-0.1, -0.05) is 10.6 Å². The molecular weight excluding hydrogens is 285 g/mol. The fraction of sp³-hybridized carbons (Fsp3) is 0.200. The van der Waals surface area contributed by atoms with Crippen molar-refractivity contribution in [3.05, 3.63) is 35.5 Å². The molecule has 3 nitrogen and oxygen atoms in total. The molecule has 0 bridgehead atoms. The Morgan fingerprint density at radius 2 is 2.06 bits per heavy atom. The van der Waals surface area contributed by atoms with Gasteiger partial charge in [-0.25, -0.2) is 4.21 Å². The molecule has 8 heteroatoms. The summed E-state index contributed by atoms with van der Waals surface area (Å²) in [6, 6.07) is 4.46. The van der Waals surface area contributed by atoms with E-state index in [4.69, 9.17) is 0 Å². The molecule has 0 N–H and O–H groups in total. The molecule has 0 aliphatic heterocycles. The first kappa shape index (κ1) is 13.2. The molecule has 1 aromatic carbocycles. The molecule has 1 aromatic heterocycles. The molecular formula is C10H7F3N2OS2. The third kappa shape index (κ3) is 2.59. The van der Waals surface area contributed by atoms with Crippen LogP contribution in [0, 0.1) is 6.92 Å². The Labute approximate surface area is 107 Å². The van der Waals surface area contributed by atoms with E-state index in [9.17, 15) is 17.4 Å². The number of hydrogen-bond donors (Lipinski definition) is 0. The number of halogens is 3. The molecule has 1 atom stereocenters. The average Bonchev–Trinajstić information content (AvgIpc) is 2.73. The van der Waals surface area contributed by atoms with Crippen molar-refractivity contribution >= 4 is 22.3 Å². The molecule has 2 aromatic rings. The van der Waals surface area contributed by atoms with Crippen molar-refractivity contribution in [3.63, 3.8) is 0 Å². The Balaban J connectivity index is 2.41. The second-order valence-electron chi connectivity index (χ2n) is 3.44. The third-order valence-electron chi connectivity index (χ3n) is 2.15. The molecule has 0 spiro atoms. The summed E-state index contributed by atoms with van der Waals surface area (Å²) in [4.78, 5) is 0.0963. The zero-order chi connectivity index (χ0) is 13.3. The highest BCUT2D eigenvalue weighted by Crippen LogP contribution is 2.31. The molecule has 1 unspecified atom stereocenters. The first-order valence-corrected chi connectivity index (χ1v) is 6.70. The van der Waals surface area contributed by atoms with Gasteiger partial charge in [-0.15, -0.1) is 5.10 Å². The van der Waals surface area contributed by atoms with E-state index in [1.807, 2.05) is 0 Å². The lowest BCUT2D eigenvalue weighted by Crippen LogP contribution is -2.05. The van der Waals surface area contributed by atoms with Gasteiger partial charge in [-0.05, 0) is 36.7 Å². The number of benzene rings is 1. The van der Waals surface area contributed by atoms with Crippen LogP contribution in [0.15, 0.2) is 33.4 Å². The zero-order valence-electron chi connectivity index (χ0n) is 9.06. The number of aromatic nitrogens is 2. The maximum Gasteiger partial charge on any atom is 0.416 e. The maximum absolute atomic E-state index is 12.5. The molecule has 0 fully saturated rings. The van der Waals surface area contributed by atoms with Crippen molar-refractivity contribution in [1.29, 1.82) is 0 Å². The Hall–Kier alpha value is -1.28. The maximum atomic E-state index is 12.5. The molecule has 0 aliphatic rings. The average molecular weight is 292 g/mol.